The van der Waals surface area contributed by atoms with Gasteiger partial charge in [0.05, 0.1) is 6.10 Å². The summed E-state index contributed by atoms with van der Waals surface area (Å²) in [7, 11) is 0. The largest absolute Gasteiger partial charge is 0.477 e. The number of ether oxygens (including phenoxy) is 1. The van der Waals surface area contributed by atoms with E-state index < -0.39 is 5.97 Å². The van der Waals surface area contributed by atoms with Gasteiger partial charge in [0.15, 0.2) is 17.1 Å². The van der Waals surface area contributed by atoms with E-state index in [0.717, 1.165) is 25.9 Å². The normalized spacial score (nSPS) is 18.1. The Balaban J connectivity index is 1.79. The van der Waals surface area contributed by atoms with E-state index in [9.17, 15) is 9.90 Å². The first-order valence-electron chi connectivity index (χ1n) is 7.39. The van der Waals surface area contributed by atoms with Crippen molar-refractivity contribution in [2.24, 2.45) is 0 Å². The third-order valence-corrected chi connectivity index (χ3v) is 3.71. The van der Waals surface area contributed by atoms with E-state index >= 15 is 0 Å². The molecule has 0 radical (unpaired) electrons. The summed E-state index contributed by atoms with van der Waals surface area (Å²) in [6, 6.07) is 9.10. The van der Waals surface area contributed by atoms with Crippen molar-refractivity contribution in [3.63, 3.8) is 0 Å². The fourth-order valence-corrected chi connectivity index (χ4v) is 2.57. The van der Waals surface area contributed by atoms with E-state index in [4.69, 9.17) is 9.26 Å². The highest BCUT2D eigenvalue weighted by atomic mass is 16.5. The Morgan fingerprint density at radius 1 is 1.32 bits per heavy atom. The lowest BCUT2D eigenvalue weighted by molar-refractivity contribution is 0.0246. The molecule has 0 saturated carbocycles. The quantitative estimate of drug-likeness (QED) is 0.883. The van der Waals surface area contributed by atoms with Crippen molar-refractivity contribution in [2.75, 3.05) is 18.5 Å². The van der Waals surface area contributed by atoms with Crippen LogP contribution in [0, 0.1) is 0 Å². The minimum Gasteiger partial charge on any atom is -0.477 e. The summed E-state index contributed by atoms with van der Waals surface area (Å²) in [6.07, 6.45) is 3.27. The van der Waals surface area contributed by atoms with E-state index in [1.54, 1.807) is 12.1 Å². The molecule has 0 amide bonds. The van der Waals surface area contributed by atoms with Crippen molar-refractivity contribution in [1.29, 1.82) is 0 Å². The van der Waals surface area contributed by atoms with E-state index in [0.29, 0.717) is 12.1 Å². The molecule has 1 fully saturated rings. The van der Waals surface area contributed by atoms with Gasteiger partial charge >= 0.3 is 5.97 Å². The van der Waals surface area contributed by atoms with Gasteiger partial charge < -0.3 is 19.7 Å². The number of aromatic nitrogens is 1. The highest BCUT2D eigenvalue weighted by molar-refractivity contribution is 5.99. The molecule has 2 heterocycles. The molecule has 3 rings (SSSR count). The first kappa shape index (κ1) is 14.6. The van der Waals surface area contributed by atoms with Crippen LogP contribution in [0.3, 0.4) is 0 Å². The van der Waals surface area contributed by atoms with Crippen molar-refractivity contribution in [1.82, 2.24) is 5.16 Å². The second-order valence-corrected chi connectivity index (χ2v) is 5.28. The van der Waals surface area contributed by atoms with Gasteiger partial charge in [0, 0.05) is 18.7 Å². The van der Waals surface area contributed by atoms with Crippen LogP contribution in [0.4, 0.5) is 5.82 Å². The standard InChI is InChI=1S/C16H18N2O4/c19-16(20)13-14(11-6-2-1-3-7-11)22-18-15(13)17-10-12-8-4-5-9-21-12/h1-3,6-7,12H,4-5,8-10H2,(H,17,18)(H,19,20). The number of carboxylic acids is 1. The highest BCUT2D eigenvalue weighted by Crippen LogP contribution is 2.29. The minimum atomic E-state index is -1.06. The van der Waals surface area contributed by atoms with Crippen molar-refractivity contribution in [3.8, 4) is 11.3 Å². The Morgan fingerprint density at radius 2 is 2.14 bits per heavy atom. The van der Waals surface area contributed by atoms with Gasteiger partial charge in [-0.25, -0.2) is 4.79 Å². The number of benzene rings is 1. The van der Waals surface area contributed by atoms with Crippen molar-refractivity contribution in [2.45, 2.75) is 25.4 Å². The van der Waals surface area contributed by atoms with E-state index in [2.05, 4.69) is 10.5 Å². The molecule has 0 spiro atoms. The number of nitrogens with one attached hydrogen (secondary N) is 1. The van der Waals surface area contributed by atoms with E-state index in [1.807, 2.05) is 18.2 Å². The summed E-state index contributed by atoms with van der Waals surface area (Å²) in [5.74, 6) is -0.548. The van der Waals surface area contributed by atoms with Crippen LogP contribution in [0.2, 0.25) is 0 Å². The van der Waals surface area contributed by atoms with Crippen LogP contribution >= 0.6 is 0 Å². The van der Waals surface area contributed by atoms with Crippen LogP contribution in [0.1, 0.15) is 29.6 Å². The Bertz CT molecular complexity index is 633. The molecule has 0 aliphatic carbocycles. The van der Waals surface area contributed by atoms with Gasteiger partial charge in [-0.05, 0) is 19.3 Å². The summed E-state index contributed by atoms with van der Waals surface area (Å²) in [5.41, 5.74) is 0.747. The number of hydrogen-bond acceptors (Lipinski definition) is 5. The smallest absolute Gasteiger partial charge is 0.343 e. The summed E-state index contributed by atoms with van der Waals surface area (Å²) in [4.78, 5) is 11.6. The maximum atomic E-state index is 11.6. The number of nitrogens with zero attached hydrogens (tertiary/aromatic N) is 1. The number of carbonyl (C=O) groups is 1. The van der Waals surface area contributed by atoms with Crippen molar-refractivity contribution < 1.29 is 19.2 Å². The molecule has 1 aliphatic heterocycles. The third-order valence-electron chi connectivity index (χ3n) is 3.71. The van der Waals surface area contributed by atoms with Gasteiger partial charge in [-0.3, -0.25) is 0 Å². The molecule has 0 bridgehead atoms. The van der Waals surface area contributed by atoms with E-state index in [-0.39, 0.29) is 23.2 Å². The lowest BCUT2D eigenvalue weighted by Gasteiger charge is -2.22. The Hall–Kier alpha value is -2.34. The molecule has 1 atom stereocenters. The molecule has 1 aromatic carbocycles. The Labute approximate surface area is 128 Å². The average molecular weight is 302 g/mol. The minimum absolute atomic E-state index is 0.0574. The number of rotatable bonds is 5. The van der Waals surface area contributed by atoms with Gasteiger partial charge in [0.25, 0.3) is 0 Å². The monoisotopic (exact) mass is 302 g/mol. The maximum absolute atomic E-state index is 11.6. The molecule has 2 N–H and O–H groups in total. The Kier molecular flexibility index (Phi) is 4.39. The molecule has 6 nitrogen and oxygen atoms in total. The van der Waals surface area contributed by atoms with Crippen LogP contribution in [0.15, 0.2) is 34.9 Å². The highest BCUT2D eigenvalue weighted by Gasteiger charge is 2.24. The lowest BCUT2D eigenvalue weighted by atomic mass is 10.1. The molecule has 1 saturated heterocycles. The van der Waals surface area contributed by atoms with Gasteiger partial charge in [-0.1, -0.05) is 35.5 Å². The predicted octanol–water partition coefficient (Wildman–Crippen LogP) is 3.02. The summed E-state index contributed by atoms with van der Waals surface area (Å²) < 4.78 is 10.9. The number of hydrogen-bond donors (Lipinski definition) is 2. The van der Waals surface area contributed by atoms with Crippen LogP contribution in [0.25, 0.3) is 11.3 Å². The van der Waals surface area contributed by atoms with E-state index in [1.165, 1.54) is 0 Å². The van der Waals surface area contributed by atoms with Crippen molar-refractivity contribution in [3.05, 3.63) is 35.9 Å². The molecular formula is C16H18N2O4. The van der Waals surface area contributed by atoms with Gasteiger partial charge in [-0.15, -0.1) is 0 Å². The predicted molar refractivity (Wildman–Crippen MR) is 81.0 cm³/mol. The first-order valence-corrected chi connectivity index (χ1v) is 7.39. The number of anilines is 1. The van der Waals surface area contributed by atoms with Crippen LogP contribution < -0.4 is 5.32 Å². The van der Waals surface area contributed by atoms with Crippen molar-refractivity contribution >= 4 is 11.8 Å². The van der Waals surface area contributed by atoms with Gasteiger partial charge in [0.2, 0.25) is 0 Å². The molecule has 116 valence electrons. The molecule has 1 unspecified atom stereocenters. The second-order valence-electron chi connectivity index (χ2n) is 5.28. The maximum Gasteiger partial charge on any atom is 0.343 e. The van der Waals surface area contributed by atoms with Gasteiger partial charge in [-0.2, -0.15) is 0 Å². The van der Waals surface area contributed by atoms with Crippen LogP contribution in [-0.4, -0.2) is 35.5 Å². The summed E-state index contributed by atoms with van der Waals surface area (Å²) in [6.45, 7) is 1.28. The topological polar surface area (TPSA) is 84.6 Å². The molecule has 6 heteroatoms. The summed E-state index contributed by atoms with van der Waals surface area (Å²) in [5, 5.41) is 16.4. The molecule has 2 aromatic rings. The second kappa shape index (κ2) is 6.62. The third kappa shape index (κ3) is 3.12. The zero-order valence-electron chi connectivity index (χ0n) is 12.1. The molecule has 22 heavy (non-hydrogen) atoms. The Morgan fingerprint density at radius 3 is 2.82 bits per heavy atom. The SMILES string of the molecule is O=C(O)c1c(NCC2CCCCO2)noc1-c1ccccc1. The fraction of sp³-hybridized carbons (Fsp3) is 0.375. The zero-order chi connectivity index (χ0) is 15.4. The molecule has 1 aliphatic rings. The van der Waals surface area contributed by atoms with Crippen LogP contribution in [0.5, 0.6) is 0 Å². The molecular weight excluding hydrogens is 284 g/mol. The molecule has 1 aromatic heterocycles. The van der Waals surface area contributed by atoms with Gasteiger partial charge in [0.1, 0.15) is 0 Å². The fourth-order valence-electron chi connectivity index (χ4n) is 2.57. The lowest BCUT2D eigenvalue weighted by Crippen LogP contribution is -2.27. The number of carboxylic acid groups (broad SMARTS) is 1. The zero-order valence-corrected chi connectivity index (χ0v) is 12.1. The van der Waals surface area contributed by atoms with Crippen LogP contribution in [-0.2, 0) is 4.74 Å². The number of aromatic carboxylic acids is 1. The average Bonchev–Trinajstić information content (AvgIpc) is 2.99. The first-order chi connectivity index (χ1) is 10.8. The summed E-state index contributed by atoms with van der Waals surface area (Å²) >= 11 is 0.